The number of hydrogen-bond donors (Lipinski definition) is 0. The third-order valence-corrected chi connectivity index (χ3v) is 6.08. The molecule has 2 aromatic carbocycles. The molecule has 11 heteroatoms. The molecule has 33 heavy (non-hydrogen) atoms. The number of methoxy groups -OCH3 is 1. The van der Waals surface area contributed by atoms with Gasteiger partial charge in [-0.1, -0.05) is 17.7 Å². The van der Waals surface area contributed by atoms with Crippen LogP contribution in [-0.2, 0) is 11.3 Å². The lowest BCUT2D eigenvalue weighted by Crippen LogP contribution is -2.28. The summed E-state index contributed by atoms with van der Waals surface area (Å²) >= 11 is 6.68. The number of nitro benzene ring substituents is 1. The van der Waals surface area contributed by atoms with Crippen LogP contribution in [0.2, 0.25) is 5.02 Å². The molecule has 3 aromatic rings. The molecule has 2 amide bonds. The molecule has 1 aliphatic heterocycles. The van der Waals surface area contributed by atoms with E-state index in [0.29, 0.717) is 17.5 Å². The second kappa shape index (κ2) is 9.08. The molecule has 2 heterocycles. The molecule has 1 aliphatic rings. The number of hydrogen-bond acceptors (Lipinski definition) is 7. The van der Waals surface area contributed by atoms with Crippen molar-refractivity contribution >= 4 is 46.3 Å². The quantitative estimate of drug-likeness (QED) is 0.242. The first kappa shape index (κ1) is 22.6. The molecule has 1 aromatic heterocycles. The van der Waals surface area contributed by atoms with Gasteiger partial charge in [-0.3, -0.25) is 24.6 Å². The largest absolute Gasteiger partial charge is 0.497 e. The van der Waals surface area contributed by atoms with E-state index in [1.807, 2.05) is 0 Å². The number of furan rings is 1. The molecule has 0 N–H and O–H groups in total. The number of amides is 2. The molecule has 0 radical (unpaired) electrons. The monoisotopic (exact) mass is 488 g/mol. The van der Waals surface area contributed by atoms with Crippen molar-refractivity contribution in [2.45, 2.75) is 6.54 Å². The van der Waals surface area contributed by atoms with Gasteiger partial charge in [0.05, 0.1) is 35.1 Å². The molecule has 0 atom stereocenters. The smallest absolute Gasteiger partial charge is 0.293 e. The van der Waals surface area contributed by atoms with Crippen molar-refractivity contribution in [3.05, 3.63) is 85.7 Å². The van der Waals surface area contributed by atoms with Crippen LogP contribution in [0.3, 0.4) is 0 Å². The molecule has 0 saturated carbocycles. The second-order valence-corrected chi connectivity index (χ2v) is 8.21. The lowest BCUT2D eigenvalue weighted by Gasteiger charge is -2.14. The Hall–Kier alpha value is -3.63. The summed E-state index contributed by atoms with van der Waals surface area (Å²) in [7, 11) is 1.40. The minimum Gasteiger partial charge on any atom is -0.497 e. The molecule has 0 aliphatic carbocycles. The maximum atomic E-state index is 14.1. The van der Waals surface area contributed by atoms with Gasteiger partial charge in [-0.2, -0.15) is 0 Å². The van der Waals surface area contributed by atoms with Crippen LogP contribution in [-0.4, -0.2) is 28.1 Å². The van der Waals surface area contributed by atoms with Gasteiger partial charge in [0, 0.05) is 16.7 Å². The average Bonchev–Trinajstić information content (AvgIpc) is 3.35. The normalized spacial score (nSPS) is 14.9. The van der Waals surface area contributed by atoms with E-state index < -0.39 is 21.9 Å². The van der Waals surface area contributed by atoms with Crippen LogP contribution >= 0.6 is 23.4 Å². The van der Waals surface area contributed by atoms with E-state index in [0.717, 1.165) is 4.90 Å². The zero-order valence-electron chi connectivity index (χ0n) is 16.9. The number of nitro groups is 1. The fourth-order valence-electron chi connectivity index (χ4n) is 3.18. The number of halogens is 2. The van der Waals surface area contributed by atoms with E-state index in [4.69, 9.17) is 20.8 Å². The highest BCUT2D eigenvalue weighted by atomic mass is 35.5. The SMILES string of the molecule is COc1ccc(-c2ccc(/C=C3/SC(=O)N(Cc4c(F)cccc4Cl)C3=O)o2)c([N+](=O)[O-])c1. The third-order valence-electron chi connectivity index (χ3n) is 4.82. The number of carbonyl (C=O) groups is 2. The molecule has 0 unspecified atom stereocenters. The summed E-state index contributed by atoms with van der Waals surface area (Å²) in [6, 6.07) is 11.5. The van der Waals surface area contributed by atoms with Crippen molar-refractivity contribution in [3.63, 3.8) is 0 Å². The Balaban J connectivity index is 1.60. The number of rotatable bonds is 6. The summed E-state index contributed by atoms with van der Waals surface area (Å²) in [6.07, 6.45) is 1.35. The van der Waals surface area contributed by atoms with Gasteiger partial charge >= 0.3 is 0 Å². The maximum absolute atomic E-state index is 14.1. The van der Waals surface area contributed by atoms with E-state index in [9.17, 15) is 24.1 Å². The van der Waals surface area contributed by atoms with Gasteiger partial charge in [-0.15, -0.1) is 0 Å². The Labute approximate surface area is 195 Å². The highest BCUT2D eigenvalue weighted by Gasteiger charge is 2.36. The van der Waals surface area contributed by atoms with Crippen LogP contribution in [0, 0.1) is 15.9 Å². The zero-order valence-corrected chi connectivity index (χ0v) is 18.5. The summed E-state index contributed by atoms with van der Waals surface area (Å²) < 4.78 is 24.8. The Bertz CT molecular complexity index is 1300. The van der Waals surface area contributed by atoms with Gasteiger partial charge in [0.2, 0.25) is 0 Å². The van der Waals surface area contributed by atoms with Crippen molar-refractivity contribution in [1.29, 1.82) is 0 Å². The average molecular weight is 489 g/mol. The van der Waals surface area contributed by atoms with Crippen molar-refractivity contribution < 1.29 is 28.1 Å². The summed E-state index contributed by atoms with van der Waals surface area (Å²) in [6.45, 7) is -0.311. The summed E-state index contributed by atoms with van der Waals surface area (Å²) in [5.41, 5.74) is 0.0508. The maximum Gasteiger partial charge on any atom is 0.293 e. The Kier molecular flexibility index (Phi) is 6.21. The Morgan fingerprint density at radius 2 is 2.03 bits per heavy atom. The number of nitrogens with zero attached hydrogens (tertiary/aromatic N) is 2. The van der Waals surface area contributed by atoms with Gasteiger partial charge in [0.15, 0.2) is 0 Å². The van der Waals surface area contributed by atoms with E-state index in [2.05, 4.69) is 0 Å². The van der Waals surface area contributed by atoms with Gasteiger partial charge < -0.3 is 9.15 Å². The van der Waals surface area contributed by atoms with Crippen LogP contribution in [0.15, 0.2) is 57.9 Å². The molecule has 0 spiro atoms. The number of thioether (sulfide) groups is 1. The van der Waals surface area contributed by atoms with Crippen molar-refractivity contribution in [1.82, 2.24) is 4.90 Å². The van der Waals surface area contributed by atoms with Crippen LogP contribution in [0.25, 0.3) is 17.4 Å². The molecule has 1 saturated heterocycles. The number of imide groups is 1. The van der Waals surface area contributed by atoms with Crippen LogP contribution < -0.4 is 4.74 Å². The third kappa shape index (κ3) is 4.48. The highest BCUT2D eigenvalue weighted by Crippen LogP contribution is 2.37. The predicted molar refractivity (Wildman–Crippen MR) is 120 cm³/mol. The summed E-state index contributed by atoms with van der Waals surface area (Å²) in [5, 5.41) is 11.0. The van der Waals surface area contributed by atoms with Crippen LogP contribution in [0.1, 0.15) is 11.3 Å². The molecule has 0 bridgehead atoms. The van der Waals surface area contributed by atoms with Crippen molar-refractivity contribution in [2.24, 2.45) is 0 Å². The van der Waals surface area contributed by atoms with E-state index in [-0.39, 0.29) is 44.8 Å². The van der Waals surface area contributed by atoms with Crippen molar-refractivity contribution in [2.75, 3.05) is 7.11 Å². The van der Waals surface area contributed by atoms with Gasteiger partial charge in [0.25, 0.3) is 16.8 Å². The molecular weight excluding hydrogens is 475 g/mol. The second-order valence-electron chi connectivity index (χ2n) is 6.81. The first-order chi connectivity index (χ1) is 15.8. The van der Waals surface area contributed by atoms with Crippen LogP contribution in [0.4, 0.5) is 14.9 Å². The molecular formula is C22H14ClFN2O6S. The van der Waals surface area contributed by atoms with Gasteiger partial charge in [0.1, 0.15) is 23.1 Å². The Morgan fingerprint density at radius 3 is 2.73 bits per heavy atom. The Morgan fingerprint density at radius 1 is 1.24 bits per heavy atom. The van der Waals surface area contributed by atoms with E-state index >= 15 is 0 Å². The first-order valence-corrected chi connectivity index (χ1v) is 10.6. The minimum absolute atomic E-state index is 0.0369. The lowest BCUT2D eigenvalue weighted by atomic mass is 10.1. The highest BCUT2D eigenvalue weighted by molar-refractivity contribution is 8.18. The first-order valence-electron chi connectivity index (χ1n) is 9.39. The lowest BCUT2D eigenvalue weighted by molar-refractivity contribution is -0.384. The fourth-order valence-corrected chi connectivity index (χ4v) is 4.22. The summed E-state index contributed by atoms with van der Waals surface area (Å²) in [4.78, 5) is 36.9. The molecule has 168 valence electrons. The van der Waals surface area contributed by atoms with Gasteiger partial charge in [-0.25, -0.2) is 4.39 Å². The summed E-state index contributed by atoms with van der Waals surface area (Å²) in [5.74, 6) is -0.515. The molecule has 1 fully saturated rings. The van der Waals surface area contributed by atoms with Gasteiger partial charge in [-0.05, 0) is 48.2 Å². The van der Waals surface area contributed by atoms with E-state index in [1.54, 1.807) is 6.07 Å². The zero-order chi connectivity index (χ0) is 23.7. The van der Waals surface area contributed by atoms with E-state index in [1.165, 1.54) is 55.7 Å². The van der Waals surface area contributed by atoms with Crippen molar-refractivity contribution in [3.8, 4) is 17.1 Å². The standard InChI is InChI=1S/C22H14ClFN2O6S/c1-31-12-5-7-14(18(9-12)26(29)30)19-8-6-13(32-19)10-20-21(27)25(22(28)33-20)11-15-16(23)3-2-4-17(15)24/h2-10H,11H2,1H3/b20-10+. The predicted octanol–water partition coefficient (Wildman–Crippen LogP) is 5.89. The minimum atomic E-state index is -0.627. The molecule has 8 nitrogen and oxygen atoms in total. The van der Waals surface area contributed by atoms with Crippen LogP contribution in [0.5, 0.6) is 5.75 Å². The number of benzene rings is 2. The number of carbonyl (C=O) groups excluding carboxylic acids is 2. The topological polar surface area (TPSA) is 103 Å². The fraction of sp³-hybridized carbons (Fsp3) is 0.0909. The number of ether oxygens (including phenoxy) is 1. The molecule has 4 rings (SSSR count).